The SMILES string of the molecule is CC1CCC(C=O)(CN(C)CCc2ccccn2)CC1. The monoisotopic (exact) mass is 274 g/mol. The maximum Gasteiger partial charge on any atom is 0.127 e. The average Bonchev–Trinajstić information content (AvgIpc) is 2.49. The van der Waals surface area contributed by atoms with Crippen molar-refractivity contribution in [2.45, 2.75) is 39.0 Å². The van der Waals surface area contributed by atoms with E-state index in [0.29, 0.717) is 0 Å². The molecule has 3 heteroatoms. The van der Waals surface area contributed by atoms with E-state index in [0.717, 1.165) is 44.0 Å². The number of carbonyl (C=O) groups is 1. The zero-order valence-electron chi connectivity index (χ0n) is 12.7. The van der Waals surface area contributed by atoms with Crippen LogP contribution in [0.2, 0.25) is 0 Å². The number of aromatic nitrogens is 1. The number of rotatable bonds is 6. The normalized spacial score (nSPS) is 26.6. The molecule has 110 valence electrons. The van der Waals surface area contributed by atoms with Gasteiger partial charge in [-0.15, -0.1) is 0 Å². The van der Waals surface area contributed by atoms with Crippen molar-refractivity contribution >= 4 is 6.29 Å². The summed E-state index contributed by atoms with van der Waals surface area (Å²) < 4.78 is 0. The zero-order valence-corrected chi connectivity index (χ0v) is 12.7. The van der Waals surface area contributed by atoms with Crippen LogP contribution < -0.4 is 0 Å². The molecule has 0 spiro atoms. The van der Waals surface area contributed by atoms with E-state index in [9.17, 15) is 4.79 Å². The van der Waals surface area contributed by atoms with E-state index < -0.39 is 0 Å². The van der Waals surface area contributed by atoms with Gasteiger partial charge in [0.05, 0.1) is 0 Å². The Morgan fingerprint density at radius 2 is 2.15 bits per heavy atom. The highest BCUT2D eigenvalue weighted by Crippen LogP contribution is 2.37. The van der Waals surface area contributed by atoms with E-state index in [1.54, 1.807) is 0 Å². The summed E-state index contributed by atoms with van der Waals surface area (Å²) in [4.78, 5) is 18.2. The Bertz CT molecular complexity index is 410. The van der Waals surface area contributed by atoms with Crippen LogP contribution in [0.25, 0.3) is 0 Å². The lowest BCUT2D eigenvalue weighted by molar-refractivity contribution is -0.119. The van der Waals surface area contributed by atoms with Crippen molar-refractivity contribution in [1.82, 2.24) is 9.88 Å². The maximum atomic E-state index is 11.6. The van der Waals surface area contributed by atoms with Gasteiger partial charge in [-0.3, -0.25) is 4.98 Å². The van der Waals surface area contributed by atoms with Crippen molar-refractivity contribution < 1.29 is 4.79 Å². The van der Waals surface area contributed by atoms with Crippen LogP contribution in [0.1, 0.15) is 38.3 Å². The first-order valence-corrected chi connectivity index (χ1v) is 7.68. The molecule has 2 rings (SSSR count). The van der Waals surface area contributed by atoms with E-state index in [-0.39, 0.29) is 5.41 Å². The van der Waals surface area contributed by atoms with Gasteiger partial charge >= 0.3 is 0 Å². The van der Waals surface area contributed by atoms with Crippen LogP contribution in [0, 0.1) is 11.3 Å². The van der Waals surface area contributed by atoms with Crippen LogP contribution in [0.4, 0.5) is 0 Å². The van der Waals surface area contributed by atoms with Gasteiger partial charge in [-0.2, -0.15) is 0 Å². The molecular formula is C17H26N2O. The molecule has 0 aliphatic heterocycles. The topological polar surface area (TPSA) is 33.2 Å². The smallest absolute Gasteiger partial charge is 0.127 e. The molecule has 20 heavy (non-hydrogen) atoms. The summed E-state index contributed by atoms with van der Waals surface area (Å²) in [5.74, 6) is 0.780. The lowest BCUT2D eigenvalue weighted by Gasteiger charge is -2.37. The fourth-order valence-electron chi connectivity index (χ4n) is 3.12. The molecule has 0 atom stereocenters. The Morgan fingerprint density at radius 3 is 2.75 bits per heavy atom. The molecule has 1 aromatic rings. The molecule has 0 radical (unpaired) electrons. The van der Waals surface area contributed by atoms with Gasteiger partial charge in [0.25, 0.3) is 0 Å². The van der Waals surface area contributed by atoms with Crippen molar-refractivity contribution in [1.29, 1.82) is 0 Å². The standard InChI is InChI=1S/C17H26N2O/c1-15-6-9-17(14-20,10-7-15)13-19(2)12-8-16-5-3-4-11-18-16/h3-5,11,14-15H,6-10,12-13H2,1-2H3. The fourth-order valence-corrected chi connectivity index (χ4v) is 3.12. The Morgan fingerprint density at radius 1 is 1.40 bits per heavy atom. The summed E-state index contributed by atoms with van der Waals surface area (Å²) in [6, 6.07) is 6.03. The molecule has 0 unspecified atom stereocenters. The lowest BCUT2D eigenvalue weighted by atomic mass is 9.71. The highest BCUT2D eigenvalue weighted by atomic mass is 16.1. The van der Waals surface area contributed by atoms with E-state index in [4.69, 9.17) is 0 Å². The van der Waals surface area contributed by atoms with Gasteiger partial charge < -0.3 is 9.69 Å². The molecule has 0 bridgehead atoms. The van der Waals surface area contributed by atoms with E-state index >= 15 is 0 Å². The van der Waals surface area contributed by atoms with Gasteiger partial charge in [0.1, 0.15) is 6.29 Å². The summed E-state index contributed by atoms with van der Waals surface area (Å²) in [7, 11) is 2.12. The molecule has 1 heterocycles. The van der Waals surface area contributed by atoms with E-state index in [1.165, 1.54) is 19.1 Å². The largest absolute Gasteiger partial charge is 0.305 e. The third-order valence-corrected chi connectivity index (χ3v) is 4.58. The quantitative estimate of drug-likeness (QED) is 0.748. The molecule has 0 saturated heterocycles. The van der Waals surface area contributed by atoms with Crippen LogP contribution in [0.15, 0.2) is 24.4 Å². The minimum Gasteiger partial charge on any atom is -0.305 e. The van der Waals surface area contributed by atoms with E-state index in [2.05, 4.69) is 29.9 Å². The third-order valence-electron chi connectivity index (χ3n) is 4.58. The first-order chi connectivity index (χ1) is 9.63. The first-order valence-electron chi connectivity index (χ1n) is 7.68. The predicted molar refractivity (Wildman–Crippen MR) is 81.6 cm³/mol. The van der Waals surface area contributed by atoms with Gasteiger partial charge in [-0.1, -0.05) is 13.0 Å². The molecule has 1 aliphatic rings. The highest BCUT2D eigenvalue weighted by Gasteiger charge is 2.34. The van der Waals surface area contributed by atoms with Crippen molar-refractivity contribution in [3.63, 3.8) is 0 Å². The second-order valence-corrected chi connectivity index (χ2v) is 6.47. The number of nitrogens with zero attached hydrogens (tertiary/aromatic N) is 2. The summed E-state index contributed by atoms with van der Waals surface area (Å²) in [5.41, 5.74) is 1.02. The summed E-state index contributed by atoms with van der Waals surface area (Å²) in [6.07, 6.45) is 8.47. The first kappa shape index (κ1) is 15.2. The number of hydrogen-bond acceptors (Lipinski definition) is 3. The van der Waals surface area contributed by atoms with Gasteiger partial charge in [0.15, 0.2) is 0 Å². The van der Waals surface area contributed by atoms with Gasteiger partial charge in [-0.25, -0.2) is 0 Å². The zero-order chi connectivity index (χ0) is 14.4. The summed E-state index contributed by atoms with van der Waals surface area (Å²) in [5, 5.41) is 0. The Labute approximate surface area is 122 Å². The van der Waals surface area contributed by atoms with Crippen molar-refractivity contribution in [3.8, 4) is 0 Å². The Balaban J connectivity index is 1.83. The van der Waals surface area contributed by atoms with Gasteiger partial charge in [0.2, 0.25) is 0 Å². The van der Waals surface area contributed by atoms with Gasteiger partial charge in [0, 0.05) is 36.8 Å². The molecule has 1 aliphatic carbocycles. The number of hydrogen-bond donors (Lipinski definition) is 0. The average molecular weight is 274 g/mol. The Kier molecular flexibility index (Phi) is 5.30. The molecule has 3 nitrogen and oxygen atoms in total. The molecule has 1 saturated carbocycles. The minimum atomic E-state index is -0.106. The summed E-state index contributed by atoms with van der Waals surface area (Å²) in [6.45, 7) is 4.14. The summed E-state index contributed by atoms with van der Waals surface area (Å²) >= 11 is 0. The Hall–Kier alpha value is -1.22. The van der Waals surface area contributed by atoms with Crippen molar-refractivity contribution in [2.75, 3.05) is 20.1 Å². The molecule has 0 N–H and O–H groups in total. The molecule has 1 aromatic heterocycles. The van der Waals surface area contributed by atoms with Crippen LogP contribution in [-0.2, 0) is 11.2 Å². The second kappa shape index (κ2) is 6.98. The molecular weight excluding hydrogens is 248 g/mol. The number of aldehydes is 1. The number of pyridine rings is 1. The van der Waals surface area contributed by atoms with Crippen LogP contribution in [-0.4, -0.2) is 36.3 Å². The molecule has 0 aromatic carbocycles. The third kappa shape index (κ3) is 4.14. The van der Waals surface area contributed by atoms with Crippen LogP contribution >= 0.6 is 0 Å². The number of likely N-dealkylation sites (N-methyl/N-ethyl adjacent to an activating group) is 1. The second-order valence-electron chi connectivity index (χ2n) is 6.47. The van der Waals surface area contributed by atoms with Crippen LogP contribution in [0.5, 0.6) is 0 Å². The van der Waals surface area contributed by atoms with Crippen LogP contribution in [0.3, 0.4) is 0 Å². The maximum absolute atomic E-state index is 11.6. The lowest BCUT2D eigenvalue weighted by Crippen LogP contribution is -2.40. The highest BCUT2D eigenvalue weighted by molar-refractivity contribution is 5.60. The minimum absolute atomic E-state index is 0.106. The van der Waals surface area contributed by atoms with Gasteiger partial charge in [-0.05, 0) is 50.8 Å². The van der Waals surface area contributed by atoms with Crippen molar-refractivity contribution in [3.05, 3.63) is 30.1 Å². The van der Waals surface area contributed by atoms with Crippen molar-refractivity contribution in [2.24, 2.45) is 11.3 Å². The van der Waals surface area contributed by atoms with E-state index in [1.807, 2.05) is 18.3 Å². The fraction of sp³-hybridized carbons (Fsp3) is 0.647. The molecule has 1 fully saturated rings. The predicted octanol–water partition coefficient (Wildman–Crippen LogP) is 2.95. The molecule has 0 amide bonds. The number of carbonyl (C=O) groups excluding carboxylic acids is 1.